The van der Waals surface area contributed by atoms with Crippen LogP contribution in [-0.4, -0.2) is 22.2 Å². The number of anilines is 1. The average molecular weight is 288 g/mol. The van der Waals surface area contributed by atoms with Gasteiger partial charge < -0.3 is 15.3 Å². The number of hydrazine groups is 1. The zero-order valence-electron chi connectivity index (χ0n) is 12.4. The third-order valence-corrected chi connectivity index (χ3v) is 2.98. The maximum absolute atomic E-state index is 9.87. The van der Waals surface area contributed by atoms with Gasteiger partial charge in [-0.15, -0.1) is 0 Å². The molecular formula is C15H20N4O2. The fourth-order valence-electron chi connectivity index (χ4n) is 2.05. The topological polar surface area (TPSA) is 93.3 Å². The van der Waals surface area contributed by atoms with Gasteiger partial charge in [-0.05, 0) is 30.5 Å². The maximum Gasteiger partial charge on any atom is 0.161 e. The van der Waals surface area contributed by atoms with Crippen molar-refractivity contribution in [3.05, 3.63) is 30.0 Å². The molecule has 0 saturated carbocycles. The first kappa shape index (κ1) is 15.1. The Morgan fingerprint density at radius 2 is 2.05 bits per heavy atom. The van der Waals surface area contributed by atoms with E-state index in [1.807, 2.05) is 6.07 Å². The minimum absolute atomic E-state index is 0.0510. The number of nitrogens with zero attached hydrogens (tertiary/aromatic N) is 2. The van der Waals surface area contributed by atoms with Crippen LogP contribution in [0.2, 0.25) is 0 Å². The average Bonchev–Trinajstić information content (AvgIpc) is 2.46. The molecule has 0 fully saturated rings. The Kier molecular flexibility index (Phi) is 4.59. The van der Waals surface area contributed by atoms with Crippen molar-refractivity contribution >= 4 is 5.82 Å². The molecule has 0 unspecified atom stereocenters. The van der Waals surface area contributed by atoms with Crippen molar-refractivity contribution in [3.63, 3.8) is 0 Å². The second-order valence-electron chi connectivity index (χ2n) is 5.20. The van der Waals surface area contributed by atoms with Crippen molar-refractivity contribution in [3.8, 4) is 22.9 Å². The highest BCUT2D eigenvalue weighted by Gasteiger charge is 2.10. The van der Waals surface area contributed by atoms with Crippen molar-refractivity contribution in [1.29, 1.82) is 0 Å². The first-order chi connectivity index (χ1) is 10.0. The van der Waals surface area contributed by atoms with Crippen LogP contribution in [0.1, 0.15) is 19.5 Å². The highest BCUT2D eigenvalue weighted by atomic mass is 16.5. The van der Waals surface area contributed by atoms with Crippen molar-refractivity contribution in [2.24, 2.45) is 11.8 Å². The van der Waals surface area contributed by atoms with Crippen molar-refractivity contribution in [1.82, 2.24) is 9.97 Å². The van der Waals surface area contributed by atoms with Crippen LogP contribution < -0.4 is 16.0 Å². The largest absolute Gasteiger partial charge is 0.504 e. The van der Waals surface area contributed by atoms with Crippen LogP contribution in [0.25, 0.3) is 11.4 Å². The molecule has 2 aromatic rings. The number of nitrogen functional groups attached to an aromatic ring is 1. The lowest BCUT2D eigenvalue weighted by molar-refractivity contribution is 0.373. The third kappa shape index (κ3) is 3.61. The number of methoxy groups -OCH3 is 1. The lowest BCUT2D eigenvalue weighted by atomic mass is 10.1. The molecule has 0 amide bonds. The number of ether oxygens (including phenoxy) is 1. The quantitative estimate of drug-likeness (QED) is 0.577. The molecule has 1 heterocycles. The van der Waals surface area contributed by atoms with Crippen molar-refractivity contribution < 1.29 is 9.84 Å². The van der Waals surface area contributed by atoms with Gasteiger partial charge in [0, 0.05) is 17.3 Å². The van der Waals surface area contributed by atoms with E-state index in [4.69, 9.17) is 10.6 Å². The summed E-state index contributed by atoms with van der Waals surface area (Å²) >= 11 is 0. The van der Waals surface area contributed by atoms with Gasteiger partial charge in [0.1, 0.15) is 5.82 Å². The highest BCUT2D eigenvalue weighted by Crippen LogP contribution is 2.30. The summed E-state index contributed by atoms with van der Waals surface area (Å²) in [7, 11) is 1.50. The Hall–Kier alpha value is -2.34. The molecule has 1 aromatic carbocycles. The van der Waals surface area contributed by atoms with Crippen molar-refractivity contribution in [2.75, 3.05) is 12.5 Å². The summed E-state index contributed by atoms with van der Waals surface area (Å²) in [6, 6.07) is 6.88. The molecule has 4 N–H and O–H groups in total. The van der Waals surface area contributed by atoms with Crippen LogP contribution in [0.4, 0.5) is 5.82 Å². The number of phenols is 1. The summed E-state index contributed by atoms with van der Waals surface area (Å²) in [6.45, 7) is 4.24. The molecule has 21 heavy (non-hydrogen) atoms. The van der Waals surface area contributed by atoms with E-state index in [1.165, 1.54) is 7.11 Å². The van der Waals surface area contributed by atoms with Crippen molar-refractivity contribution in [2.45, 2.75) is 20.3 Å². The Morgan fingerprint density at radius 1 is 1.29 bits per heavy atom. The number of nitrogens with two attached hydrogens (primary N) is 1. The standard InChI is InChI=1S/C15H20N4O2/c1-9(2)6-11-8-14(19-16)18-15(17-11)10-4-5-13(21-3)12(20)7-10/h4-5,7-9,20H,6,16H2,1-3H3,(H,17,18,19). The predicted octanol–water partition coefficient (Wildman–Crippen LogP) is 2.34. The zero-order chi connectivity index (χ0) is 15.4. The number of hydrogen-bond donors (Lipinski definition) is 3. The molecule has 1 aromatic heterocycles. The second kappa shape index (κ2) is 6.41. The van der Waals surface area contributed by atoms with Crippen LogP contribution in [0.3, 0.4) is 0 Å². The van der Waals surface area contributed by atoms with E-state index >= 15 is 0 Å². The van der Waals surface area contributed by atoms with E-state index < -0.39 is 0 Å². The molecule has 0 radical (unpaired) electrons. The second-order valence-corrected chi connectivity index (χ2v) is 5.20. The molecule has 0 atom stereocenters. The molecule has 0 aliphatic heterocycles. The fourth-order valence-corrected chi connectivity index (χ4v) is 2.05. The number of phenolic OH excluding ortho intramolecular Hbond substituents is 1. The minimum atomic E-state index is 0.0510. The monoisotopic (exact) mass is 288 g/mol. The van der Waals surface area contributed by atoms with E-state index in [-0.39, 0.29) is 5.75 Å². The van der Waals surface area contributed by atoms with E-state index in [2.05, 4.69) is 29.2 Å². The Morgan fingerprint density at radius 3 is 2.62 bits per heavy atom. The molecule has 0 saturated heterocycles. The van der Waals surface area contributed by atoms with Gasteiger partial charge >= 0.3 is 0 Å². The third-order valence-electron chi connectivity index (χ3n) is 2.98. The van der Waals surface area contributed by atoms with Gasteiger partial charge in [0.2, 0.25) is 0 Å². The summed E-state index contributed by atoms with van der Waals surface area (Å²) in [5.74, 6) is 7.46. The molecule has 0 aliphatic carbocycles. The predicted molar refractivity (Wildman–Crippen MR) is 82.0 cm³/mol. The normalized spacial score (nSPS) is 10.7. The summed E-state index contributed by atoms with van der Waals surface area (Å²) in [4.78, 5) is 8.86. The van der Waals surface area contributed by atoms with E-state index in [1.54, 1.807) is 18.2 Å². The number of hydrogen-bond acceptors (Lipinski definition) is 6. The Labute approximate surface area is 124 Å². The lowest BCUT2D eigenvalue weighted by Crippen LogP contribution is -2.11. The van der Waals surface area contributed by atoms with Gasteiger partial charge in [-0.3, -0.25) is 0 Å². The van der Waals surface area contributed by atoms with Gasteiger partial charge in [-0.25, -0.2) is 15.8 Å². The van der Waals surface area contributed by atoms with Crippen LogP contribution in [0.5, 0.6) is 11.5 Å². The fraction of sp³-hybridized carbons (Fsp3) is 0.333. The molecule has 0 spiro atoms. The van der Waals surface area contributed by atoms with Crippen LogP contribution in [-0.2, 0) is 6.42 Å². The molecular weight excluding hydrogens is 268 g/mol. The van der Waals surface area contributed by atoms with E-state index in [9.17, 15) is 5.11 Å². The lowest BCUT2D eigenvalue weighted by Gasteiger charge is -2.10. The Bertz CT molecular complexity index is 629. The van der Waals surface area contributed by atoms with Crippen LogP contribution in [0, 0.1) is 5.92 Å². The van der Waals surface area contributed by atoms with Gasteiger partial charge in [0.15, 0.2) is 17.3 Å². The summed E-state index contributed by atoms with van der Waals surface area (Å²) in [6.07, 6.45) is 0.826. The maximum atomic E-state index is 9.87. The number of rotatable bonds is 5. The highest BCUT2D eigenvalue weighted by molar-refractivity contribution is 5.62. The van der Waals surface area contributed by atoms with Crippen LogP contribution >= 0.6 is 0 Å². The van der Waals surface area contributed by atoms with Gasteiger partial charge in [0.05, 0.1) is 7.11 Å². The molecule has 6 nitrogen and oxygen atoms in total. The first-order valence-electron chi connectivity index (χ1n) is 6.75. The molecule has 0 bridgehead atoms. The van der Waals surface area contributed by atoms with E-state index in [0.717, 1.165) is 12.1 Å². The summed E-state index contributed by atoms with van der Waals surface area (Å²) in [5.41, 5.74) is 4.15. The Balaban J connectivity index is 2.44. The molecule has 0 aliphatic rings. The smallest absolute Gasteiger partial charge is 0.161 e. The number of nitrogens with one attached hydrogen (secondary N) is 1. The summed E-state index contributed by atoms with van der Waals surface area (Å²) < 4.78 is 5.03. The minimum Gasteiger partial charge on any atom is -0.504 e. The number of aromatic nitrogens is 2. The first-order valence-corrected chi connectivity index (χ1v) is 6.75. The number of benzene rings is 1. The van der Waals surface area contributed by atoms with Gasteiger partial charge in [-0.2, -0.15) is 0 Å². The zero-order valence-corrected chi connectivity index (χ0v) is 12.4. The molecule has 112 valence electrons. The SMILES string of the molecule is COc1ccc(-c2nc(CC(C)C)cc(NN)n2)cc1O. The number of aromatic hydroxyl groups is 1. The van der Waals surface area contributed by atoms with E-state index in [0.29, 0.717) is 28.9 Å². The van der Waals surface area contributed by atoms with Gasteiger partial charge in [0.25, 0.3) is 0 Å². The van der Waals surface area contributed by atoms with Gasteiger partial charge in [-0.1, -0.05) is 13.8 Å². The molecule has 6 heteroatoms. The van der Waals surface area contributed by atoms with Crippen LogP contribution in [0.15, 0.2) is 24.3 Å². The summed E-state index contributed by atoms with van der Waals surface area (Å²) in [5, 5.41) is 9.87. The molecule has 2 rings (SSSR count).